The predicted molar refractivity (Wildman–Crippen MR) is 35.6 cm³/mol. The molecule has 10 heavy (non-hydrogen) atoms. The van der Waals surface area contributed by atoms with Crippen molar-refractivity contribution in [1.29, 1.82) is 0 Å². The Hall–Kier alpha value is -0.570. The van der Waals surface area contributed by atoms with E-state index in [-0.39, 0.29) is 5.97 Å². The van der Waals surface area contributed by atoms with Gasteiger partial charge in [-0.3, -0.25) is 4.79 Å². The monoisotopic (exact) mass is 138 g/mol. The third-order valence-corrected chi connectivity index (χ3v) is 1.25. The molecule has 0 spiro atoms. The number of hydrogen-bond acceptors (Lipinski definition) is 3. The molecule has 3 heteroatoms. The van der Waals surface area contributed by atoms with Crippen LogP contribution in [0.4, 0.5) is 0 Å². The van der Waals surface area contributed by atoms with Crippen molar-refractivity contribution in [2.45, 2.75) is 0 Å². The number of esters is 1. The highest BCUT2D eigenvalue weighted by Gasteiger charge is 2.33. The molecule has 1 rings (SSSR count). The lowest BCUT2D eigenvalue weighted by atomic mass is 10.1. The standard InChI is InChI=1S/C7H8NO2/c1-10-7(9)5-3-2-4-6(5)8/h2-4H,8H2,1H3. The lowest BCUT2D eigenvalue weighted by Gasteiger charge is -2.08. The van der Waals surface area contributed by atoms with E-state index in [0.29, 0.717) is 12.0 Å². The molecular weight excluding hydrogens is 130 g/mol. The molecule has 5 radical (unpaired) electrons. The zero-order valence-electron chi connectivity index (χ0n) is 5.63. The second kappa shape index (κ2) is 3.01. The van der Waals surface area contributed by atoms with Crippen molar-refractivity contribution in [1.82, 2.24) is 0 Å². The van der Waals surface area contributed by atoms with E-state index < -0.39 is 0 Å². The van der Waals surface area contributed by atoms with Crippen LogP contribution in [-0.2, 0) is 9.53 Å². The van der Waals surface area contributed by atoms with Crippen molar-refractivity contribution >= 4 is 5.97 Å². The lowest BCUT2D eigenvalue weighted by Crippen LogP contribution is -2.22. The highest BCUT2D eigenvalue weighted by Crippen LogP contribution is 2.29. The molecule has 0 saturated heterocycles. The number of ether oxygens (including phenoxy) is 1. The van der Waals surface area contributed by atoms with Gasteiger partial charge in [0.25, 0.3) is 0 Å². The third-order valence-electron chi connectivity index (χ3n) is 1.25. The van der Waals surface area contributed by atoms with Crippen molar-refractivity contribution in [3.63, 3.8) is 0 Å². The van der Waals surface area contributed by atoms with Gasteiger partial charge in [0, 0.05) is 0 Å². The fourth-order valence-electron chi connectivity index (χ4n) is 0.730. The van der Waals surface area contributed by atoms with Gasteiger partial charge in [-0.2, -0.15) is 0 Å². The Morgan fingerprint density at radius 3 is 2.70 bits per heavy atom. The van der Waals surface area contributed by atoms with Crippen molar-refractivity contribution < 1.29 is 9.53 Å². The van der Waals surface area contributed by atoms with Gasteiger partial charge in [-0.1, -0.05) is 0 Å². The van der Waals surface area contributed by atoms with Gasteiger partial charge in [0.15, 0.2) is 0 Å². The summed E-state index contributed by atoms with van der Waals surface area (Å²) in [5.41, 5.74) is 5.42. The summed E-state index contributed by atoms with van der Waals surface area (Å²) in [4.78, 5) is 10.8. The van der Waals surface area contributed by atoms with Crippen LogP contribution in [0.2, 0.25) is 0 Å². The maximum absolute atomic E-state index is 10.8. The molecule has 3 nitrogen and oxygen atoms in total. The molecule has 0 aliphatic heterocycles. The van der Waals surface area contributed by atoms with Gasteiger partial charge in [0.1, 0.15) is 5.92 Å². The molecule has 53 valence electrons. The van der Waals surface area contributed by atoms with Crippen molar-refractivity contribution in [3.8, 4) is 0 Å². The number of methoxy groups -OCH3 is 1. The largest absolute Gasteiger partial charge is 0.468 e. The molecule has 1 fully saturated rings. The first-order chi connectivity index (χ1) is 4.75. The number of nitrogens with two attached hydrogens (primary N) is 1. The minimum atomic E-state index is -0.387. The fraction of sp³-hybridized carbons (Fsp3) is 0.143. The zero-order valence-corrected chi connectivity index (χ0v) is 5.63. The molecule has 1 aliphatic rings. The van der Waals surface area contributed by atoms with Crippen LogP contribution in [0.25, 0.3) is 0 Å². The molecule has 0 aromatic carbocycles. The third kappa shape index (κ3) is 1.29. The highest BCUT2D eigenvalue weighted by atomic mass is 16.5. The fourth-order valence-corrected chi connectivity index (χ4v) is 0.730. The predicted octanol–water partition coefficient (Wildman–Crippen LogP) is -0.149. The molecule has 0 aromatic rings. The van der Waals surface area contributed by atoms with Crippen molar-refractivity contribution in [2.75, 3.05) is 7.11 Å². The van der Waals surface area contributed by atoms with Crippen LogP contribution in [-0.4, -0.2) is 13.1 Å². The summed E-state index contributed by atoms with van der Waals surface area (Å²) in [6.45, 7) is 0. The van der Waals surface area contributed by atoms with Gasteiger partial charge in [-0.05, 0) is 19.3 Å². The number of rotatable bonds is 1. The van der Waals surface area contributed by atoms with Crippen LogP contribution in [0.1, 0.15) is 0 Å². The Bertz CT molecular complexity index is 136. The Morgan fingerprint density at radius 2 is 2.30 bits per heavy atom. The molecule has 0 bridgehead atoms. The first-order valence-corrected chi connectivity index (χ1v) is 2.85. The van der Waals surface area contributed by atoms with E-state index >= 15 is 0 Å². The Balaban J connectivity index is 2.46. The SMILES string of the molecule is COC(=O)[C]1[CH][CH][CH][C]1N. The smallest absolute Gasteiger partial charge is 0.315 e. The summed E-state index contributed by atoms with van der Waals surface area (Å²) in [5.74, 6) is 0.0463. The maximum atomic E-state index is 10.8. The minimum absolute atomic E-state index is 0.387. The number of carbonyl (C=O) groups excluding carboxylic acids is 1. The van der Waals surface area contributed by atoms with E-state index in [2.05, 4.69) is 4.74 Å². The van der Waals surface area contributed by atoms with E-state index in [0.717, 1.165) is 0 Å². The van der Waals surface area contributed by atoms with E-state index in [1.807, 2.05) is 0 Å². The average Bonchev–Trinajstić information content (AvgIpc) is 2.34. The molecule has 0 heterocycles. The first-order valence-electron chi connectivity index (χ1n) is 2.85. The summed E-state index contributed by atoms with van der Waals surface area (Å²) >= 11 is 0. The van der Waals surface area contributed by atoms with Gasteiger partial charge in [0.2, 0.25) is 0 Å². The van der Waals surface area contributed by atoms with Gasteiger partial charge >= 0.3 is 5.97 Å². The zero-order chi connectivity index (χ0) is 7.56. The van der Waals surface area contributed by atoms with E-state index in [1.165, 1.54) is 7.11 Å². The number of hydrogen-bond donors (Lipinski definition) is 1. The summed E-state index contributed by atoms with van der Waals surface area (Å²) in [6.07, 6.45) is 5.00. The molecule has 1 saturated carbocycles. The maximum Gasteiger partial charge on any atom is 0.315 e. The van der Waals surface area contributed by atoms with Crippen LogP contribution in [0.15, 0.2) is 0 Å². The molecule has 1 aliphatic carbocycles. The van der Waals surface area contributed by atoms with E-state index in [1.54, 1.807) is 19.3 Å². The lowest BCUT2D eigenvalue weighted by molar-refractivity contribution is -0.137. The van der Waals surface area contributed by atoms with Crippen LogP contribution >= 0.6 is 0 Å². The normalized spacial score (nSPS) is 21.4. The Kier molecular flexibility index (Phi) is 2.27. The second-order valence-corrected chi connectivity index (χ2v) is 1.89. The van der Waals surface area contributed by atoms with Crippen molar-refractivity contribution in [3.05, 3.63) is 31.2 Å². The second-order valence-electron chi connectivity index (χ2n) is 1.89. The van der Waals surface area contributed by atoms with Crippen molar-refractivity contribution in [2.24, 2.45) is 5.73 Å². The molecule has 0 amide bonds. The molecule has 0 unspecified atom stereocenters. The quantitative estimate of drug-likeness (QED) is 0.513. The minimum Gasteiger partial charge on any atom is -0.468 e. The Labute approximate surface area is 60.5 Å². The topological polar surface area (TPSA) is 52.3 Å². The van der Waals surface area contributed by atoms with Crippen LogP contribution in [0.3, 0.4) is 0 Å². The van der Waals surface area contributed by atoms with Crippen LogP contribution in [0, 0.1) is 31.2 Å². The van der Waals surface area contributed by atoms with Gasteiger partial charge in [-0.15, -0.1) is 0 Å². The number of carbonyl (C=O) groups is 1. The summed E-state index contributed by atoms with van der Waals surface area (Å²) < 4.78 is 4.46. The van der Waals surface area contributed by atoms with Crippen LogP contribution in [0.5, 0.6) is 0 Å². The van der Waals surface area contributed by atoms with Gasteiger partial charge < -0.3 is 10.5 Å². The summed E-state index contributed by atoms with van der Waals surface area (Å²) in [5, 5.41) is 0. The first kappa shape index (κ1) is 7.54. The van der Waals surface area contributed by atoms with Gasteiger partial charge in [-0.25, -0.2) is 0 Å². The summed E-state index contributed by atoms with van der Waals surface area (Å²) in [7, 11) is 1.33. The molecule has 0 atom stereocenters. The molecular formula is C7H8NO2. The Morgan fingerprint density at radius 1 is 1.60 bits per heavy atom. The van der Waals surface area contributed by atoms with E-state index in [4.69, 9.17) is 5.73 Å². The average molecular weight is 138 g/mol. The van der Waals surface area contributed by atoms with E-state index in [9.17, 15) is 4.79 Å². The molecule has 2 N–H and O–H groups in total. The van der Waals surface area contributed by atoms with Crippen LogP contribution < -0.4 is 5.73 Å². The van der Waals surface area contributed by atoms with Gasteiger partial charge in [0.05, 0.1) is 13.2 Å². The highest BCUT2D eigenvalue weighted by molar-refractivity contribution is 5.92. The summed E-state index contributed by atoms with van der Waals surface area (Å²) in [6, 6.07) is 0.465. The molecule has 0 aromatic heterocycles.